The summed E-state index contributed by atoms with van der Waals surface area (Å²) in [6.45, 7) is 0.982. The van der Waals surface area contributed by atoms with E-state index in [1.54, 1.807) is 18.2 Å². The van der Waals surface area contributed by atoms with Crippen molar-refractivity contribution in [3.05, 3.63) is 58.3 Å². The number of fused-ring (bicyclic) bond motifs is 1. The molecular weight excluding hydrogens is 370 g/mol. The van der Waals surface area contributed by atoms with E-state index >= 15 is 0 Å². The predicted octanol–water partition coefficient (Wildman–Crippen LogP) is 3.71. The van der Waals surface area contributed by atoms with Crippen LogP contribution in [0.5, 0.6) is 0 Å². The highest BCUT2D eigenvalue weighted by atomic mass is 19.3. The number of benzene rings is 1. The second-order valence-corrected chi connectivity index (χ2v) is 6.29. The number of unbranched alkanes of at least 4 members (excludes halogenated alkanes) is 1. The lowest BCUT2D eigenvalue weighted by Gasteiger charge is -2.15. The Hall–Kier alpha value is -3.10. The summed E-state index contributed by atoms with van der Waals surface area (Å²) in [6, 6.07) is 8.95. The van der Waals surface area contributed by atoms with Crippen molar-refractivity contribution in [1.82, 2.24) is 19.3 Å². The van der Waals surface area contributed by atoms with Gasteiger partial charge in [0.05, 0.1) is 11.0 Å². The summed E-state index contributed by atoms with van der Waals surface area (Å²) in [6.07, 6.45) is 0.566. The van der Waals surface area contributed by atoms with Crippen LogP contribution in [0.15, 0.2) is 41.2 Å². The molecule has 0 radical (unpaired) electrons. The van der Waals surface area contributed by atoms with E-state index in [2.05, 4.69) is 10.1 Å². The predicted molar refractivity (Wildman–Crippen MR) is 98.2 cm³/mol. The number of nitrogens with zero attached hydrogens (tertiary/aromatic N) is 4. The molecule has 9 heteroatoms. The Morgan fingerprint density at radius 2 is 1.96 bits per heavy atom. The number of esters is 1. The van der Waals surface area contributed by atoms with Crippen molar-refractivity contribution < 1.29 is 18.3 Å². The van der Waals surface area contributed by atoms with Crippen LogP contribution < -0.4 is 5.56 Å². The molecule has 1 aromatic carbocycles. The fourth-order valence-corrected chi connectivity index (χ4v) is 2.85. The molecule has 3 aromatic rings. The van der Waals surface area contributed by atoms with Crippen LogP contribution in [0.2, 0.25) is 0 Å². The maximum atomic E-state index is 13.6. The molecule has 0 spiro atoms. The van der Waals surface area contributed by atoms with Gasteiger partial charge >= 0.3 is 12.5 Å². The van der Waals surface area contributed by atoms with Crippen molar-refractivity contribution in [2.75, 3.05) is 0 Å². The first-order valence-corrected chi connectivity index (χ1v) is 8.96. The fraction of sp³-hybridized carbons (Fsp3) is 0.368. The van der Waals surface area contributed by atoms with Crippen LogP contribution in [-0.4, -0.2) is 25.3 Å². The highest BCUT2D eigenvalue weighted by Gasteiger charge is 2.25. The van der Waals surface area contributed by atoms with Crippen molar-refractivity contribution in [3.63, 3.8) is 0 Å². The number of ether oxygens (including phenoxy) is 1. The van der Waals surface area contributed by atoms with Gasteiger partial charge in [0, 0.05) is 12.6 Å². The molecule has 1 atom stereocenters. The van der Waals surface area contributed by atoms with Crippen molar-refractivity contribution in [3.8, 4) is 0 Å². The van der Waals surface area contributed by atoms with Crippen molar-refractivity contribution >= 4 is 17.0 Å². The number of imidazole rings is 1. The molecule has 0 amide bonds. The van der Waals surface area contributed by atoms with E-state index in [4.69, 9.17) is 4.74 Å². The summed E-state index contributed by atoms with van der Waals surface area (Å²) >= 11 is 0. The molecule has 7 nitrogen and oxygen atoms in total. The SMILES string of the molecule is CCCCn1nc(C(=O)OC(C)c2nc3ccccc3n2C(F)F)ccc1=O. The lowest BCUT2D eigenvalue weighted by molar-refractivity contribution is 0.0225. The van der Waals surface area contributed by atoms with Gasteiger partial charge < -0.3 is 4.74 Å². The standard InChI is InChI=1S/C19H20F2N4O3/c1-3-4-11-24-16(26)10-9-14(23-24)18(27)28-12(2)17-22-13-7-5-6-8-15(13)25(17)19(20)21/h5-10,12,19H,3-4,11H2,1-2H3. The van der Waals surface area contributed by atoms with Crippen LogP contribution in [-0.2, 0) is 11.3 Å². The second-order valence-electron chi connectivity index (χ2n) is 6.29. The van der Waals surface area contributed by atoms with Crippen LogP contribution in [0.1, 0.15) is 55.7 Å². The van der Waals surface area contributed by atoms with Gasteiger partial charge in [-0.25, -0.2) is 14.5 Å². The zero-order valence-electron chi connectivity index (χ0n) is 15.5. The molecule has 0 N–H and O–H groups in total. The molecule has 0 saturated carbocycles. The minimum atomic E-state index is -2.84. The van der Waals surface area contributed by atoms with Gasteiger partial charge in [0.15, 0.2) is 17.6 Å². The first-order chi connectivity index (χ1) is 13.4. The number of hydrogen-bond donors (Lipinski definition) is 0. The van der Waals surface area contributed by atoms with E-state index in [-0.39, 0.29) is 22.6 Å². The van der Waals surface area contributed by atoms with Crippen LogP contribution in [0, 0.1) is 0 Å². The molecule has 2 aromatic heterocycles. The molecule has 2 heterocycles. The van der Waals surface area contributed by atoms with Crippen LogP contribution in [0.25, 0.3) is 11.0 Å². The zero-order chi connectivity index (χ0) is 20.3. The number of para-hydroxylation sites is 2. The Labute approximate surface area is 159 Å². The molecular formula is C19H20F2N4O3. The molecule has 0 aliphatic carbocycles. The summed E-state index contributed by atoms with van der Waals surface area (Å²) in [7, 11) is 0. The van der Waals surface area contributed by atoms with Gasteiger partial charge in [-0.1, -0.05) is 25.5 Å². The maximum Gasteiger partial charge on any atom is 0.359 e. The summed E-state index contributed by atoms with van der Waals surface area (Å²) in [5.41, 5.74) is 0.244. The third-order valence-corrected chi connectivity index (χ3v) is 4.26. The van der Waals surface area contributed by atoms with E-state index in [9.17, 15) is 18.4 Å². The summed E-state index contributed by atoms with van der Waals surface area (Å²) in [5.74, 6) is -0.880. The van der Waals surface area contributed by atoms with Gasteiger partial charge in [-0.2, -0.15) is 13.9 Å². The van der Waals surface area contributed by atoms with Gasteiger partial charge in [-0.3, -0.25) is 9.36 Å². The lowest BCUT2D eigenvalue weighted by atomic mass is 10.3. The average molecular weight is 390 g/mol. The van der Waals surface area contributed by atoms with Gasteiger partial charge in [0.1, 0.15) is 0 Å². The molecule has 0 bridgehead atoms. The average Bonchev–Trinajstić information content (AvgIpc) is 3.07. The number of carbonyl (C=O) groups is 1. The van der Waals surface area contributed by atoms with E-state index in [0.717, 1.165) is 17.4 Å². The molecule has 0 fully saturated rings. The number of hydrogen-bond acceptors (Lipinski definition) is 5. The fourth-order valence-electron chi connectivity index (χ4n) is 2.85. The highest BCUT2D eigenvalue weighted by molar-refractivity contribution is 5.87. The molecule has 0 aliphatic heterocycles. The minimum absolute atomic E-state index is 0.0659. The number of rotatable bonds is 7. The number of aromatic nitrogens is 4. The zero-order valence-corrected chi connectivity index (χ0v) is 15.5. The Balaban J connectivity index is 1.86. The Morgan fingerprint density at radius 3 is 2.68 bits per heavy atom. The molecule has 0 aliphatic rings. The number of carbonyl (C=O) groups excluding carboxylic acids is 1. The Morgan fingerprint density at radius 1 is 1.21 bits per heavy atom. The van der Waals surface area contributed by atoms with Gasteiger partial charge in [-0.15, -0.1) is 0 Å². The lowest BCUT2D eigenvalue weighted by Crippen LogP contribution is -2.25. The minimum Gasteiger partial charge on any atom is -0.450 e. The molecule has 28 heavy (non-hydrogen) atoms. The summed E-state index contributed by atoms with van der Waals surface area (Å²) in [4.78, 5) is 28.4. The van der Waals surface area contributed by atoms with Crippen LogP contribution in [0.4, 0.5) is 8.78 Å². The molecule has 3 rings (SSSR count). The Kier molecular flexibility index (Phi) is 5.81. The Bertz CT molecular complexity index is 1050. The smallest absolute Gasteiger partial charge is 0.359 e. The second kappa shape index (κ2) is 8.28. The van der Waals surface area contributed by atoms with Gasteiger partial charge in [-0.05, 0) is 31.5 Å². The molecule has 148 valence electrons. The first kappa shape index (κ1) is 19.7. The van der Waals surface area contributed by atoms with E-state index in [1.165, 1.54) is 29.8 Å². The van der Waals surface area contributed by atoms with Crippen LogP contribution >= 0.6 is 0 Å². The first-order valence-electron chi connectivity index (χ1n) is 8.96. The number of aryl methyl sites for hydroxylation is 1. The van der Waals surface area contributed by atoms with E-state index in [0.29, 0.717) is 12.1 Å². The normalized spacial score (nSPS) is 12.5. The van der Waals surface area contributed by atoms with Crippen molar-refractivity contribution in [2.45, 2.75) is 45.9 Å². The number of alkyl halides is 2. The summed E-state index contributed by atoms with van der Waals surface area (Å²) in [5, 5.41) is 4.01. The van der Waals surface area contributed by atoms with Crippen molar-refractivity contribution in [1.29, 1.82) is 0 Å². The largest absolute Gasteiger partial charge is 0.450 e. The third kappa shape index (κ3) is 3.92. The topological polar surface area (TPSA) is 79.0 Å². The third-order valence-electron chi connectivity index (χ3n) is 4.26. The maximum absolute atomic E-state index is 13.6. The van der Waals surface area contributed by atoms with E-state index in [1.807, 2.05) is 6.92 Å². The summed E-state index contributed by atoms with van der Waals surface area (Å²) < 4.78 is 34.4. The van der Waals surface area contributed by atoms with Gasteiger partial charge in [0.25, 0.3) is 5.56 Å². The highest BCUT2D eigenvalue weighted by Crippen LogP contribution is 2.28. The van der Waals surface area contributed by atoms with Crippen LogP contribution in [0.3, 0.4) is 0 Å². The molecule has 0 saturated heterocycles. The monoisotopic (exact) mass is 390 g/mol. The molecule has 1 unspecified atom stereocenters. The van der Waals surface area contributed by atoms with E-state index < -0.39 is 18.6 Å². The number of halogens is 2. The van der Waals surface area contributed by atoms with Gasteiger partial charge in [0.2, 0.25) is 0 Å². The van der Waals surface area contributed by atoms with Crippen molar-refractivity contribution in [2.24, 2.45) is 0 Å². The quantitative estimate of drug-likeness (QED) is 0.575.